The van der Waals surface area contributed by atoms with Gasteiger partial charge in [-0.2, -0.15) is 8.75 Å². The van der Waals surface area contributed by atoms with Crippen LogP contribution in [0, 0.1) is 11.8 Å². The van der Waals surface area contributed by atoms with Crippen LogP contribution in [0.2, 0.25) is 5.15 Å². The lowest BCUT2D eigenvalue weighted by molar-refractivity contribution is 0.176. The summed E-state index contributed by atoms with van der Waals surface area (Å²) in [5.74, 6) is 1.79. The Balaban J connectivity index is 2.02. The van der Waals surface area contributed by atoms with Gasteiger partial charge in [-0.15, -0.1) is 0 Å². The minimum Gasteiger partial charge on any atom is -0.379 e. The van der Waals surface area contributed by atoms with Crippen LogP contribution in [0.15, 0.2) is 0 Å². The van der Waals surface area contributed by atoms with Crippen molar-refractivity contribution in [2.75, 3.05) is 18.5 Å². The number of hydrogen-bond acceptors (Lipinski definition) is 5. The van der Waals surface area contributed by atoms with E-state index in [1.165, 1.54) is 0 Å². The monoisotopic (exact) mass is 247 g/mol. The molecule has 84 valence electrons. The summed E-state index contributed by atoms with van der Waals surface area (Å²) < 4.78 is 13.5. The van der Waals surface area contributed by atoms with Gasteiger partial charge in [-0.05, 0) is 5.92 Å². The van der Waals surface area contributed by atoms with Crippen molar-refractivity contribution in [3.05, 3.63) is 5.15 Å². The van der Waals surface area contributed by atoms with Crippen molar-refractivity contribution in [2.45, 2.75) is 19.9 Å². The molecular weight excluding hydrogens is 234 g/mol. The molecule has 0 radical (unpaired) electrons. The number of hydrogen-bond donors (Lipinski definition) is 1. The second kappa shape index (κ2) is 4.63. The first-order valence-corrected chi connectivity index (χ1v) is 6.11. The van der Waals surface area contributed by atoms with Gasteiger partial charge in [0.2, 0.25) is 0 Å². The van der Waals surface area contributed by atoms with Gasteiger partial charge in [0.25, 0.3) is 0 Å². The second-order valence-corrected chi connectivity index (χ2v) is 4.99. The molecular formula is C9H14ClN3OS. The highest BCUT2D eigenvalue weighted by atomic mass is 35.5. The van der Waals surface area contributed by atoms with E-state index < -0.39 is 0 Å². The molecule has 0 amide bonds. The molecule has 0 saturated carbocycles. The van der Waals surface area contributed by atoms with Crippen LogP contribution in [0.4, 0.5) is 5.82 Å². The maximum atomic E-state index is 5.88. The van der Waals surface area contributed by atoms with E-state index in [4.69, 9.17) is 16.3 Å². The molecule has 15 heavy (non-hydrogen) atoms. The van der Waals surface area contributed by atoms with Gasteiger partial charge in [0.05, 0.1) is 31.0 Å². The zero-order valence-electron chi connectivity index (χ0n) is 8.74. The fourth-order valence-electron chi connectivity index (χ4n) is 1.82. The number of nitrogens with zero attached hydrogens (tertiary/aromatic N) is 2. The van der Waals surface area contributed by atoms with Crippen molar-refractivity contribution in [1.82, 2.24) is 8.75 Å². The zero-order valence-corrected chi connectivity index (χ0v) is 10.3. The molecule has 2 unspecified atom stereocenters. The maximum Gasteiger partial charge on any atom is 0.186 e. The summed E-state index contributed by atoms with van der Waals surface area (Å²) in [6.07, 6.45) is 0. The summed E-state index contributed by atoms with van der Waals surface area (Å²) in [5.41, 5.74) is 0. The number of ether oxygens (including phenoxy) is 1. The van der Waals surface area contributed by atoms with E-state index in [0.717, 1.165) is 24.9 Å². The summed E-state index contributed by atoms with van der Waals surface area (Å²) in [6, 6.07) is 0.298. The van der Waals surface area contributed by atoms with Crippen LogP contribution in [0.3, 0.4) is 0 Å². The SMILES string of the molecule is CC(C)C1COCC1Nc1nsnc1Cl. The Morgan fingerprint density at radius 2 is 2.27 bits per heavy atom. The highest BCUT2D eigenvalue weighted by Crippen LogP contribution is 2.27. The van der Waals surface area contributed by atoms with E-state index in [1.54, 1.807) is 0 Å². The lowest BCUT2D eigenvalue weighted by atomic mass is 9.91. The average molecular weight is 248 g/mol. The molecule has 6 heteroatoms. The molecule has 0 aromatic carbocycles. The standard InChI is InChI=1S/C9H14ClN3OS/c1-5(2)6-3-14-4-7(6)11-9-8(10)12-15-13-9/h5-7H,3-4H2,1-2H3,(H,11,13). The van der Waals surface area contributed by atoms with Gasteiger partial charge in [-0.1, -0.05) is 25.4 Å². The summed E-state index contributed by atoms with van der Waals surface area (Å²) >= 11 is 7.00. The first-order valence-electron chi connectivity index (χ1n) is 5.01. The van der Waals surface area contributed by atoms with Crippen molar-refractivity contribution >= 4 is 29.1 Å². The summed E-state index contributed by atoms with van der Waals surface area (Å²) in [5, 5.41) is 3.75. The normalized spacial score (nSPS) is 26.1. The van der Waals surface area contributed by atoms with Gasteiger partial charge in [0, 0.05) is 5.92 Å². The molecule has 1 N–H and O–H groups in total. The summed E-state index contributed by atoms with van der Waals surface area (Å²) in [7, 11) is 0. The Morgan fingerprint density at radius 1 is 1.47 bits per heavy atom. The molecule has 1 saturated heterocycles. The summed E-state index contributed by atoms with van der Waals surface area (Å²) in [4.78, 5) is 0. The molecule has 4 nitrogen and oxygen atoms in total. The third-order valence-corrected chi connectivity index (χ3v) is 3.64. The van der Waals surface area contributed by atoms with E-state index in [9.17, 15) is 0 Å². The fourth-order valence-corrected chi connectivity index (χ4v) is 2.48. The Labute approximate surface area is 98.3 Å². The van der Waals surface area contributed by atoms with Gasteiger partial charge in [-0.3, -0.25) is 0 Å². The van der Waals surface area contributed by atoms with Gasteiger partial charge in [0.15, 0.2) is 11.0 Å². The number of nitrogens with one attached hydrogen (secondary N) is 1. The van der Waals surface area contributed by atoms with E-state index >= 15 is 0 Å². The predicted octanol–water partition coefficient (Wildman–Crippen LogP) is 2.27. The number of aromatic nitrogens is 2. The van der Waals surface area contributed by atoms with Crippen LogP contribution < -0.4 is 5.32 Å². The Bertz CT molecular complexity index is 331. The molecule has 0 aliphatic carbocycles. The highest BCUT2D eigenvalue weighted by Gasteiger charge is 2.31. The first-order chi connectivity index (χ1) is 7.18. The molecule has 0 bridgehead atoms. The van der Waals surface area contributed by atoms with Crippen molar-refractivity contribution in [2.24, 2.45) is 11.8 Å². The minimum absolute atomic E-state index is 0.298. The van der Waals surface area contributed by atoms with Gasteiger partial charge in [0.1, 0.15) is 0 Å². The van der Waals surface area contributed by atoms with Gasteiger partial charge < -0.3 is 10.1 Å². The van der Waals surface area contributed by atoms with E-state index in [0.29, 0.717) is 28.8 Å². The number of halogens is 1. The first kappa shape index (κ1) is 11.1. The third-order valence-electron chi connectivity index (χ3n) is 2.75. The predicted molar refractivity (Wildman–Crippen MR) is 61.5 cm³/mol. The molecule has 1 aliphatic rings. The molecule has 2 heterocycles. The van der Waals surface area contributed by atoms with E-state index in [-0.39, 0.29) is 0 Å². The molecule has 1 fully saturated rings. The molecule has 1 aromatic heterocycles. The van der Waals surface area contributed by atoms with Crippen molar-refractivity contribution in [3.63, 3.8) is 0 Å². The number of rotatable bonds is 3. The van der Waals surface area contributed by atoms with Crippen LogP contribution in [-0.2, 0) is 4.74 Å². The highest BCUT2D eigenvalue weighted by molar-refractivity contribution is 6.99. The fraction of sp³-hybridized carbons (Fsp3) is 0.778. The molecule has 2 rings (SSSR count). The van der Waals surface area contributed by atoms with Gasteiger partial charge in [-0.25, -0.2) is 0 Å². The average Bonchev–Trinajstić information content (AvgIpc) is 2.77. The van der Waals surface area contributed by atoms with Crippen LogP contribution in [0.5, 0.6) is 0 Å². The second-order valence-electron chi connectivity index (χ2n) is 4.10. The minimum atomic E-state index is 0.298. The van der Waals surface area contributed by atoms with Crippen LogP contribution in [0.1, 0.15) is 13.8 Å². The van der Waals surface area contributed by atoms with Crippen molar-refractivity contribution in [3.8, 4) is 0 Å². The van der Waals surface area contributed by atoms with Crippen molar-refractivity contribution < 1.29 is 4.74 Å². The lowest BCUT2D eigenvalue weighted by Gasteiger charge is -2.21. The molecule has 0 spiro atoms. The van der Waals surface area contributed by atoms with Crippen LogP contribution in [0.25, 0.3) is 0 Å². The molecule has 1 aliphatic heterocycles. The Hall–Kier alpha value is -0.390. The van der Waals surface area contributed by atoms with Crippen LogP contribution in [-0.4, -0.2) is 28.0 Å². The topological polar surface area (TPSA) is 47.0 Å². The molecule has 2 atom stereocenters. The smallest absolute Gasteiger partial charge is 0.186 e. The maximum absolute atomic E-state index is 5.88. The third kappa shape index (κ3) is 2.41. The van der Waals surface area contributed by atoms with E-state index in [1.807, 2.05) is 0 Å². The Morgan fingerprint density at radius 3 is 2.87 bits per heavy atom. The summed E-state index contributed by atoms with van der Waals surface area (Å²) in [6.45, 7) is 5.94. The number of anilines is 1. The van der Waals surface area contributed by atoms with Crippen LogP contribution >= 0.6 is 23.3 Å². The van der Waals surface area contributed by atoms with E-state index in [2.05, 4.69) is 27.9 Å². The quantitative estimate of drug-likeness (QED) is 0.890. The zero-order chi connectivity index (χ0) is 10.8. The lowest BCUT2D eigenvalue weighted by Crippen LogP contribution is -2.31. The van der Waals surface area contributed by atoms with Gasteiger partial charge >= 0.3 is 0 Å². The Kier molecular flexibility index (Phi) is 3.43. The molecule has 1 aromatic rings. The largest absolute Gasteiger partial charge is 0.379 e. The van der Waals surface area contributed by atoms with Crippen molar-refractivity contribution in [1.29, 1.82) is 0 Å².